The van der Waals surface area contributed by atoms with Crippen molar-refractivity contribution in [1.29, 1.82) is 0 Å². The number of aromatic nitrogens is 2. The summed E-state index contributed by atoms with van der Waals surface area (Å²) >= 11 is 0. The quantitative estimate of drug-likeness (QED) is 0.421. The van der Waals surface area contributed by atoms with Crippen molar-refractivity contribution in [1.82, 2.24) is 10.2 Å². The number of nitrogens with zero attached hydrogens (tertiary/aromatic N) is 1. The fourth-order valence-electron chi connectivity index (χ4n) is 1.74. The lowest BCUT2D eigenvalue weighted by molar-refractivity contribution is -0.278. The zero-order valence-corrected chi connectivity index (χ0v) is 9.72. The van der Waals surface area contributed by atoms with Crippen molar-refractivity contribution in [3.05, 3.63) is 11.8 Å². The second kappa shape index (κ2) is 5.21. The first-order chi connectivity index (χ1) is 8.52. The highest BCUT2D eigenvalue weighted by Gasteiger charge is 2.44. The second-order valence-corrected chi connectivity index (χ2v) is 4.20. The van der Waals surface area contributed by atoms with E-state index in [1.807, 2.05) is 0 Å². The Morgan fingerprint density at radius 1 is 1.33 bits per heavy atom. The summed E-state index contributed by atoms with van der Waals surface area (Å²) in [6.07, 6.45) is -6.48. The molecule has 0 radical (unpaired) electrons. The van der Waals surface area contributed by atoms with Gasteiger partial charge in [-0.15, -0.1) is 5.10 Å². The molecule has 5 N–H and O–H groups in total. The molecule has 1 aromatic rings. The summed E-state index contributed by atoms with van der Waals surface area (Å²) in [6.45, 7) is 1.28. The molecule has 102 valence electrons. The molecule has 1 fully saturated rings. The Hall–Kier alpha value is -1.19. The van der Waals surface area contributed by atoms with Crippen LogP contribution in [0.5, 0.6) is 5.88 Å². The molecular formula is C10H16N2O6. The first kappa shape index (κ1) is 13.2. The zero-order chi connectivity index (χ0) is 13.3. The number of H-pyrrole nitrogens is 1. The molecule has 18 heavy (non-hydrogen) atoms. The Labute approximate surface area is 103 Å². The monoisotopic (exact) mass is 260 g/mol. The van der Waals surface area contributed by atoms with Gasteiger partial charge < -0.3 is 29.9 Å². The second-order valence-electron chi connectivity index (χ2n) is 4.20. The van der Waals surface area contributed by atoms with Crippen LogP contribution in [0, 0.1) is 6.92 Å². The first-order valence-electron chi connectivity index (χ1n) is 5.52. The smallest absolute Gasteiger partial charge is 0.235 e. The molecule has 2 rings (SSSR count). The molecule has 0 aromatic carbocycles. The molecule has 1 aliphatic heterocycles. The number of ether oxygens (including phenoxy) is 2. The van der Waals surface area contributed by atoms with Gasteiger partial charge in [0.1, 0.15) is 24.4 Å². The van der Waals surface area contributed by atoms with Crippen LogP contribution in [0.15, 0.2) is 6.07 Å². The van der Waals surface area contributed by atoms with Gasteiger partial charge in [-0.25, -0.2) is 0 Å². The SMILES string of the molecule is Cc1cc(OC2O[C@H](CO)[C@@H](O)[C@H](O)[C@H]2O)n[nH]1. The molecule has 8 heteroatoms. The van der Waals surface area contributed by atoms with E-state index in [-0.39, 0.29) is 5.88 Å². The number of hydrogen-bond acceptors (Lipinski definition) is 7. The molecule has 1 unspecified atom stereocenters. The van der Waals surface area contributed by atoms with Gasteiger partial charge in [-0.1, -0.05) is 0 Å². The summed E-state index contributed by atoms with van der Waals surface area (Å²) in [4.78, 5) is 0. The van der Waals surface area contributed by atoms with Gasteiger partial charge in [0, 0.05) is 11.8 Å². The number of aliphatic hydroxyl groups excluding tert-OH is 4. The molecule has 1 aromatic heterocycles. The molecule has 0 saturated carbocycles. The molecule has 0 bridgehead atoms. The van der Waals surface area contributed by atoms with Crippen LogP contribution in [-0.4, -0.2) is 67.9 Å². The van der Waals surface area contributed by atoms with Gasteiger partial charge in [0.2, 0.25) is 12.2 Å². The van der Waals surface area contributed by atoms with E-state index < -0.39 is 37.3 Å². The van der Waals surface area contributed by atoms with Gasteiger partial charge in [-0.3, -0.25) is 5.10 Å². The molecular weight excluding hydrogens is 244 g/mol. The van der Waals surface area contributed by atoms with Crippen LogP contribution in [0.1, 0.15) is 5.69 Å². The minimum absolute atomic E-state index is 0.192. The molecule has 0 spiro atoms. The minimum atomic E-state index is -1.46. The summed E-state index contributed by atoms with van der Waals surface area (Å²) in [5, 5.41) is 44.3. The number of nitrogens with one attached hydrogen (secondary N) is 1. The van der Waals surface area contributed by atoms with E-state index in [1.165, 1.54) is 0 Å². The van der Waals surface area contributed by atoms with Crippen LogP contribution in [0.4, 0.5) is 0 Å². The maximum atomic E-state index is 9.71. The lowest BCUT2D eigenvalue weighted by atomic mass is 9.99. The predicted octanol–water partition coefficient (Wildman–Crippen LogP) is -2.10. The highest BCUT2D eigenvalue weighted by molar-refractivity contribution is 5.12. The van der Waals surface area contributed by atoms with Crippen molar-refractivity contribution in [2.24, 2.45) is 0 Å². The van der Waals surface area contributed by atoms with E-state index in [4.69, 9.17) is 14.6 Å². The molecule has 8 nitrogen and oxygen atoms in total. The summed E-state index contributed by atoms with van der Waals surface area (Å²) in [5.74, 6) is 0.192. The highest BCUT2D eigenvalue weighted by atomic mass is 16.7. The summed E-state index contributed by atoms with van der Waals surface area (Å²) in [6, 6.07) is 1.58. The lowest BCUT2D eigenvalue weighted by Gasteiger charge is -2.39. The van der Waals surface area contributed by atoms with E-state index in [1.54, 1.807) is 13.0 Å². The zero-order valence-electron chi connectivity index (χ0n) is 9.72. The Morgan fingerprint density at radius 3 is 2.61 bits per heavy atom. The Kier molecular flexibility index (Phi) is 3.83. The molecule has 1 aliphatic rings. The molecule has 1 saturated heterocycles. The van der Waals surface area contributed by atoms with E-state index >= 15 is 0 Å². The Bertz CT molecular complexity index is 395. The third kappa shape index (κ3) is 2.47. The highest BCUT2D eigenvalue weighted by Crippen LogP contribution is 2.23. The first-order valence-corrected chi connectivity index (χ1v) is 5.52. The maximum Gasteiger partial charge on any atom is 0.235 e. The average Bonchev–Trinajstić information content (AvgIpc) is 2.75. The van der Waals surface area contributed by atoms with Crippen molar-refractivity contribution >= 4 is 0 Å². The molecule has 2 heterocycles. The van der Waals surface area contributed by atoms with Crippen LogP contribution >= 0.6 is 0 Å². The van der Waals surface area contributed by atoms with Crippen molar-refractivity contribution in [3.8, 4) is 5.88 Å². The molecule has 0 amide bonds. The van der Waals surface area contributed by atoms with Gasteiger partial charge in [0.15, 0.2) is 0 Å². The predicted molar refractivity (Wildman–Crippen MR) is 57.7 cm³/mol. The normalized spacial score (nSPS) is 36.6. The number of aromatic amines is 1. The van der Waals surface area contributed by atoms with Crippen molar-refractivity contribution in [2.75, 3.05) is 6.61 Å². The summed E-state index contributed by atoms with van der Waals surface area (Å²) < 4.78 is 10.4. The van der Waals surface area contributed by atoms with E-state index in [9.17, 15) is 15.3 Å². The summed E-state index contributed by atoms with van der Waals surface area (Å²) in [7, 11) is 0. The maximum absolute atomic E-state index is 9.71. The third-order valence-corrected chi connectivity index (χ3v) is 2.77. The standard InChI is InChI=1S/C10H16N2O6/c1-4-2-6(12-11-4)18-10-9(16)8(15)7(14)5(3-13)17-10/h2,5,7-10,13-16H,3H2,1H3,(H,11,12)/t5-,7-,8+,9-,10?/m1/s1. The fourth-order valence-corrected chi connectivity index (χ4v) is 1.74. The van der Waals surface area contributed by atoms with E-state index in [0.29, 0.717) is 0 Å². The van der Waals surface area contributed by atoms with Gasteiger partial charge >= 0.3 is 0 Å². The number of hydrogen-bond donors (Lipinski definition) is 5. The van der Waals surface area contributed by atoms with Crippen molar-refractivity contribution in [2.45, 2.75) is 37.6 Å². The molecule has 5 atom stereocenters. The number of aliphatic hydroxyl groups is 4. The molecule has 0 aliphatic carbocycles. The number of aryl methyl sites for hydroxylation is 1. The Morgan fingerprint density at radius 2 is 2.06 bits per heavy atom. The van der Waals surface area contributed by atoms with Gasteiger partial charge in [0.25, 0.3) is 0 Å². The van der Waals surface area contributed by atoms with Crippen LogP contribution < -0.4 is 4.74 Å². The van der Waals surface area contributed by atoms with Crippen LogP contribution in [0.25, 0.3) is 0 Å². The van der Waals surface area contributed by atoms with Crippen molar-refractivity contribution in [3.63, 3.8) is 0 Å². The van der Waals surface area contributed by atoms with Crippen molar-refractivity contribution < 1.29 is 29.9 Å². The minimum Gasteiger partial charge on any atom is -0.444 e. The van der Waals surface area contributed by atoms with Gasteiger partial charge in [-0.2, -0.15) is 0 Å². The average molecular weight is 260 g/mol. The van der Waals surface area contributed by atoms with Crippen LogP contribution in [-0.2, 0) is 4.74 Å². The fraction of sp³-hybridized carbons (Fsp3) is 0.700. The van der Waals surface area contributed by atoms with Gasteiger partial charge in [0.05, 0.1) is 6.61 Å². The van der Waals surface area contributed by atoms with E-state index in [2.05, 4.69) is 10.2 Å². The van der Waals surface area contributed by atoms with Crippen LogP contribution in [0.3, 0.4) is 0 Å². The Balaban J connectivity index is 2.07. The topological polar surface area (TPSA) is 128 Å². The van der Waals surface area contributed by atoms with E-state index in [0.717, 1.165) is 5.69 Å². The third-order valence-electron chi connectivity index (χ3n) is 2.77. The lowest BCUT2D eigenvalue weighted by Crippen LogP contribution is -2.60. The van der Waals surface area contributed by atoms with Gasteiger partial charge in [-0.05, 0) is 6.92 Å². The van der Waals surface area contributed by atoms with Crippen LogP contribution in [0.2, 0.25) is 0 Å². The largest absolute Gasteiger partial charge is 0.444 e. The summed E-state index contributed by atoms with van der Waals surface area (Å²) in [5.41, 5.74) is 0.759. The number of rotatable bonds is 3.